The van der Waals surface area contributed by atoms with Crippen molar-refractivity contribution in [3.8, 4) is 0 Å². The Hall–Kier alpha value is -0.160. The highest BCUT2D eigenvalue weighted by molar-refractivity contribution is 4.53. The second-order valence-electron chi connectivity index (χ2n) is 5.33. The third kappa shape index (κ3) is 10.6. The molecule has 0 rings (SSSR count). The molecule has 0 aliphatic carbocycles. The van der Waals surface area contributed by atoms with Crippen molar-refractivity contribution in [1.82, 2.24) is 0 Å². The van der Waals surface area contributed by atoms with Crippen LogP contribution in [0.4, 0.5) is 0 Å². The van der Waals surface area contributed by atoms with Crippen molar-refractivity contribution in [2.75, 3.05) is 13.2 Å². The van der Waals surface area contributed by atoms with Crippen LogP contribution in [0.5, 0.6) is 0 Å². The summed E-state index contributed by atoms with van der Waals surface area (Å²) in [6.45, 7) is 9.28. The lowest BCUT2D eigenvalue weighted by molar-refractivity contribution is -0.406. The Kier molecular flexibility index (Phi) is 12.5. The maximum absolute atomic E-state index is 9.94. The molecule has 0 aromatic carbocycles. The molecule has 20 heavy (non-hydrogen) atoms. The Morgan fingerprint density at radius 2 is 1.35 bits per heavy atom. The lowest BCUT2D eigenvalue weighted by Crippen LogP contribution is -2.40. The summed E-state index contributed by atoms with van der Waals surface area (Å²) in [5, 5.41) is 9.94. The number of hydrogen-bond acceptors (Lipinski definition) is 4. The number of rotatable bonds is 14. The monoisotopic (exact) mass is 290 g/mol. The number of ether oxygens (including phenoxy) is 3. The van der Waals surface area contributed by atoms with Crippen LogP contribution < -0.4 is 0 Å². The second-order valence-corrected chi connectivity index (χ2v) is 5.33. The van der Waals surface area contributed by atoms with Crippen LogP contribution in [-0.4, -0.2) is 30.6 Å². The van der Waals surface area contributed by atoms with Crippen molar-refractivity contribution in [3.63, 3.8) is 0 Å². The summed E-state index contributed by atoms with van der Waals surface area (Å²) < 4.78 is 17.0. The van der Waals surface area contributed by atoms with Gasteiger partial charge in [-0.05, 0) is 25.7 Å². The minimum atomic E-state index is -1.13. The number of aliphatic hydroxyl groups excluding tert-OH is 1. The predicted molar refractivity (Wildman–Crippen MR) is 81.4 cm³/mol. The van der Waals surface area contributed by atoms with Crippen LogP contribution in [0.1, 0.15) is 79.1 Å². The molecular weight excluding hydrogens is 256 g/mol. The molecule has 4 nitrogen and oxygen atoms in total. The quantitative estimate of drug-likeness (QED) is 0.384. The Morgan fingerprint density at radius 1 is 0.850 bits per heavy atom. The first-order chi connectivity index (χ1) is 9.58. The summed E-state index contributed by atoms with van der Waals surface area (Å²) in [4.78, 5) is 0. The number of aliphatic hydroxyl groups is 1. The van der Waals surface area contributed by atoms with Gasteiger partial charge in [-0.3, -0.25) is 4.74 Å². The molecule has 0 saturated heterocycles. The molecule has 0 aliphatic rings. The van der Waals surface area contributed by atoms with Gasteiger partial charge in [0.1, 0.15) is 0 Å². The van der Waals surface area contributed by atoms with Crippen molar-refractivity contribution in [2.45, 2.75) is 91.3 Å². The average molecular weight is 290 g/mol. The van der Waals surface area contributed by atoms with Gasteiger partial charge in [0.15, 0.2) is 6.29 Å². The normalized spacial score (nSPS) is 13.7. The van der Waals surface area contributed by atoms with Crippen molar-refractivity contribution in [3.05, 3.63) is 0 Å². The van der Waals surface area contributed by atoms with E-state index in [2.05, 4.69) is 20.8 Å². The van der Waals surface area contributed by atoms with E-state index in [4.69, 9.17) is 14.2 Å². The minimum absolute atomic E-state index is 0.584. The molecule has 0 fully saturated rings. The van der Waals surface area contributed by atoms with E-state index in [9.17, 15) is 5.11 Å². The molecule has 0 aliphatic heterocycles. The molecule has 0 radical (unpaired) electrons. The van der Waals surface area contributed by atoms with E-state index in [0.29, 0.717) is 19.6 Å². The van der Waals surface area contributed by atoms with Gasteiger partial charge in [-0.15, -0.1) is 0 Å². The third-order valence-corrected chi connectivity index (χ3v) is 3.13. The summed E-state index contributed by atoms with van der Waals surface area (Å²) in [6, 6.07) is 0. The highest BCUT2D eigenvalue weighted by Gasteiger charge is 2.30. The van der Waals surface area contributed by atoms with Gasteiger partial charge in [0.05, 0.1) is 13.2 Å². The van der Waals surface area contributed by atoms with E-state index >= 15 is 0 Å². The van der Waals surface area contributed by atoms with Gasteiger partial charge in [0.2, 0.25) is 0 Å². The lowest BCUT2D eigenvalue weighted by Gasteiger charge is -2.31. The van der Waals surface area contributed by atoms with Crippen LogP contribution in [0.2, 0.25) is 0 Å². The summed E-state index contributed by atoms with van der Waals surface area (Å²) in [6.07, 6.45) is 7.03. The van der Waals surface area contributed by atoms with Crippen molar-refractivity contribution >= 4 is 0 Å². The average Bonchev–Trinajstić information content (AvgIpc) is 2.39. The first kappa shape index (κ1) is 19.8. The first-order valence-corrected chi connectivity index (χ1v) is 8.21. The zero-order chi connectivity index (χ0) is 15.3. The molecule has 1 N–H and O–H groups in total. The molecule has 0 bridgehead atoms. The van der Waals surface area contributed by atoms with E-state index in [-0.39, 0.29) is 0 Å². The Labute approximate surface area is 124 Å². The molecule has 0 spiro atoms. The molecule has 0 aromatic rings. The number of unbranched alkanes of at least 4 members (excludes halogenated alkanes) is 4. The van der Waals surface area contributed by atoms with Crippen LogP contribution in [0.15, 0.2) is 0 Å². The van der Waals surface area contributed by atoms with Crippen molar-refractivity contribution in [2.24, 2.45) is 0 Å². The zero-order valence-electron chi connectivity index (χ0n) is 13.8. The van der Waals surface area contributed by atoms with E-state index in [1.165, 1.54) is 0 Å². The van der Waals surface area contributed by atoms with Crippen LogP contribution in [0.3, 0.4) is 0 Å². The molecule has 0 aromatic heterocycles. The van der Waals surface area contributed by atoms with Crippen LogP contribution in [0, 0.1) is 0 Å². The topological polar surface area (TPSA) is 47.9 Å². The summed E-state index contributed by atoms with van der Waals surface area (Å²) in [7, 11) is 0. The molecular formula is C16H34O4. The van der Waals surface area contributed by atoms with Gasteiger partial charge in [-0.2, -0.15) is 0 Å². The van der Waals surface area contributed by atoms with Crippen molar-refractivity contribution in [1.29, 1.82) is 0 Å². The highest BCUT2D eigenvalue weighted by atomic mass is 16.9. The maximum atomic E-state index is 9.94. The molecule has 0 heterocycles. The Bertz CT molecular complexity index is 199. The predicted octanol–water partition coefficient (Wildman–Crippen LogP) is 4.21. The van der Waals surface area contributed by atoms with Gasteiger partial charge >= 0.3 is 0 Å². The van der Waals surface area contributed by atoms with Gasteiger partial charge in [0.25, 0.3) is 5.97 Å². The molecule has 0 amide bonds. The largest absolute Gasteiger partial charge is 0.368 e. The van der Waals surface area contributed by atoms with E-state index in [1.54, 1.807) is 6.92 Å². The zero-order valence-corrected chi connectivity index (χ0v) is 13.8. The summed E-state index contributed by atoms with van der Waals surface area (Å²) in [5.74, 6) is -1.13. The van der Waals surface area contributed by atoms with Gasteiger partial charge in [-0.1, -0.05) is 46.5 Å². The highest BCUT2D eigenvalue weighted by Crippen LogP contribution is 2.20. The number of hydrogen-bond donors (Lipinski definition) is 1. The van der Waals surface area contributed by atoms with E-state index < -0.39 is 12.3 Å². The Balaban J connectivity index is 4.18. The molecule has 4 heteroatoms. The summed E-state index contributed by atoms with van der Waals surface area (Å²) >= 11 is 0. The SMILES string of the molecule is CCCCCC(O)OC(C)(OCCCC)OCCCC. The molecule has 1 unspecified atom stereocenters. The van der Waals surface area contributed by atoms with Crippen LogP contribution in [-0.2, 0) is 14.2 Å². The van der Waals surface area contributed by atoms with Crippen LogP contribution >= 0.6 is 0 Å². The lowest BCUT2D eigenvalue weighted by atomic mass is 10.2. The van der Waals surface area contributed by atoms with E-state index in [1.807, 2.05) is 0 Å². The molecule has 1 atom stereocenters. The van der Waals surface area contributed by atoms with Gasteiger partial charge in [-0.25, -0.2) is 0 Å². The first-order valence-electron chi connectivity index (χ1n) is 8.21. The maximum Gasteiger partial charge on any atom is 0.282 e. The standard InChI is InChI=1S/C16H34O4/c1-5-8-11-12-15(17)20-16(4,18-13-9-6-2)19-14-10-7-3/h15,17H,5-14H2,1-4H3. The van der Waals surface area contributed by atoms with Crippen LogP contribution in [0.25, 0.3) is 0 Å². The Morgan fingerprint density at radius 3 is 1.80 bits per heavy atom. The fraction of sp³-hybridized carbons (Fsp3) is 1.00. The molecule has 122 valence electrons. The molecule has 0 saturated carbocycles. The van der Waals surface area contributed by atoms with E-state index in [0.717, 1.165) is 44.9 Å². The fourth-order valence-corrected chi connectivity index (χ4v) is 1.79. The summed E-state index contributed by atoms with van der Waals surface area (Å²) in [5.41, 5.74) is 0. The second kappa shape index (κ2) is 12.6. The van der Waals surface area contributed by atoms with Gasteiger partial charge in [0, 0.05) is 6.92 Å². The minimum Gasteiger partial charge on any atom is -0.368 e. The third-order valence-electron chi connectivity index (χ3n) is 3.13. The smallest absolute Gasteiger partial charge is 0.282 e. The fourth-order valence-electron chi connectivity index (χ4n) is 1.79. The van der Waals surface area contributed by atoms with Crippen molar-refractivity contribution < 1.29 is 19.3 Å². The van der Waals surface area contributed by atoms with Gasteiger partial charge < -0.3 is 14.6 Å².